The molecule has 0 bridgehead atoms. The molecule has 1 aromatic rings. The first kappa shape index (κ1) is 15.1. The van der Waals surface area contributed by atoms with Crippen molar-refractivity contribution in [1.82, 2.24) is 4.98 Å². The smallest absolute Gasteiger partial charge is 0.351 e. The molecule has 20 heavy (non-hydrogen) atoms. The van der Waals surface area contributed by atoms with E-state index in [1.165, 1.54) is 14.2 Å². The summed E-state index contributed by atoms with van der Waals surface area (Å²) in [6.07, 6.45) is 2.33. The highest BCUT2D eigenvalue weighted by atomic mass is 35.5. The van der Waals surface area contributed by atoms with E-state index in [0.29, 0.717) is 11.6 Å². The Morgan fingerprint density at radius 1 is 1.35 bits per heavy atom. The third-order valence-corrected chi connectivity index (χ3v) is 4.60. The van der Waals surface area contributed by atoms with E-state index >= 15 is 0 Å². The van der Waals surface area contributed by atoms with Crippen molar-refractivity contribution in [3.63, 3.8) is 0 Å². The van der Waals surface area contributed by atoms with Crippen molar-refractivity contribution in [2.24, 2.45) is 5.92 Å². The Bertz CT molecular complexity index is 520. The van der Waals surface area contributed by atoms with E-state index < -0.39 is 5.97 Å². The van der Waals surface area contributed by atoms with Crippen LogP contribution in [0.3, 0.4) is 0 Å². The monoisotopic (exact) mass is 318 g/mol. The molecular formula is C12H15ClN2O4S. The van der Waals surface area contributed by atoms with Crippen LogP contribution in [0.25, 0.3) is 0 Å². The normalized spacial score (nSPS) is 21.6. The van der Waals surface area contributed by atoms with Crippen LogP contribution in [-0.4, -0.2) is 37.2 Å². The van der Waals surface area contributed by atoms with E-state index in [1.807, 2.05) is 0 Å². The minimum atomic E-state index is -0.501. The molecule has 1 heterocycles. The second kappa shape index (κ2) is 6.41. The fourth-order valence-electron chi connectivity index (χ4n) is 2.25. The number of rotatable bonds is 4. The number of anilines is 1. The van der Waals surface area contributed by atoms with Crippen molar-refractivity contribution in [2.75, 3.05) is 19.5 Å². The van der Waals surface area contributed by atoms with Crippen molar-refractivity contribution >= 4 is 40.0 Å². The molecule has 6 nitrogen and oxygen atoms in total. The molecule has 0 saturated heterocycles. The van der Waals surface area contributed by atoms with Crippen LogP contribution in [0.4, 0.5) is 5.13 Å². The Kier molecular flexibility index (Phi) is 4.82. The molecule has 1 aliphatic rings. The van der Waals surface area contributed by atoms with E-state index in [4.69, 9.17) is 16.3 Å². The minimum absolute atomic E-state index is 0.0759. The number of hydrogen-bond donors (Lipinski definition) is 1. The Morgan fingerprint density at radius 2 is 2.10 bits per heavy atom. The van der Waals surface area contributed by atoms with Gasteiger partial charge in [0.25, 0.3) is 0 Å². The summed E-state index contributed by atoms with van der Waals surface area (Å²) in [5, 5.41) is 3.89. The lowest BCUT2D eigenvalue weighted by Crippen LogP contribution is -2.18. The van der Waals surface area contributed by atoms with Crippen LogP contribution in [0.1, 0.15) is 28.9 Å². The van der Waals surface area contributed by atoms with Gasteiger partial charge in [-0.1, -0.05) is 22.9 Å². The summed E-state index contributed by atoms with van der Waals surface area (Å²) in [4.78, 5) is 27.3. The molecule has 8 heteroatoms. The molecule has 1 saturated carbocycles. The first-order chi connectivity index (χ1) is 9.55. The number of halogens is 1. The van der Waals surface area contributed by atoms with Gasteiger partial charge in [-0.3, -0.25) is 4.79 Å². The fraction of sp³-hybridized carbons (Fsp3) is 0.583. The maximum absolute atomic E-state index is 11.5. The number of nitrogens with one attached hydrogen (secondary N) is 1. The summed E-state index contributed by atoms with van der Waals surface area (Å²) in [6, 6.07) is 0.131. The van der Waals surface area contributed by atoms with Gasteiger partial charge in [0.15, 0.2) is 15.2 Å². The van der Waals surface area contributed by atoms with Crippen LogP contribution < -0.4 is 5.32 Å². The molecule has 2 rings (SSSR count). The van der Waals surface area contributed by atoms with Crippen molar-refractivity contribution in [1.29, 1.82) is 0 Å². The van der Waals surface area contributed by atoms with Gasteiger partial charge < -0.3 is 14.8 Å². The lowest BCUT2D eigenvalue weighted by atomic mass is 10.1. The highest BCUT2D eigenvalue weighted by molar-refractivity contribution is 7.18. The van der Waals surface area contributed by atoms with Gasteiger partial charge in [-0.2, -0.15) is 0 Å². The minimum Gasteiger partial charge on any atom is -0.469 e. The van der Waals surface area contributed by atoms with E-state index in [2.05, 4.69) is 15.0 Å². The molecule has 0 radical (unpaired) electrons. The topological polar surface area (TPSA) is 77.5 Å². The average Bonchev–Trinajstić information content (AvgIpc) is 3.04. The molecule has 1 fully saturated rings. The van der Waals surface area contributed by atoms with Gasteiger partial charge in [-0.05, 0) is 19.3 Å². The zero-order valence-corrected chi connectivity index (χ0v) is 12.7. The second-order valence-electron chi connectivity index (χ2n) is 4.50. The Labute approximate surface area is 125 Å². The largest absolute Gasteiger partial charge is 0.469 e. The number of carbonyl (C=O) groups excluding carboxylic acids is 2. The molecule has 0 aliphatic heterocycles. The molecule has 110 valence electrons. The SMILES string of the molecule is COC(=O)c1sc(N[C@@H]2CC[C@H](C(=O)OC)C2)nc1Cl. The van der Waals surface area contributed by atoms with Crippen LogP contribution in [0.15, 0.2) is 0 Å². The molecule has 0 amide bonds. The highest BCUT2D eigenvalue weighted by Crippen LogP contribution is 2.32. The fourth-order valence-corrected chi connectivity index (χ4v) is 3.43. The summed E-state index contributed by atoms with van der Waals surface area (Å²) in [7, 11) is 2.69. The van der Waals surface area contributed by atoms with Gasteiger partial charge in [-0.25, -0.2) is 9.78 Å². The maximum atomic E-state index is 11.5. The van der Waals surface area contributed by atoms with Gasteiger partial charge in [0.2, 0.25) is 0 Å². The number of carbonyl (C=O) groups is 2. The first-order valence-electron chi connectivity index (χ1n) is 6.14. The number of nitrogens with zero attached hydrogens (tertiary/aromatic N) is 1. The van der Waals surface area contributed by atoms with Gasteiger partial charge in [-0.15, -0.1) is 0 Å². The highest BCUT2D eigenvalue weighted by Gasteiger charge is 2.31. The molecule has 1 aromatic heterocycles. The quantitative estimate of drug-likeness (QED) is 0.859. The predicted octanol–water partition coefficient (Wildman–Crippen LogP) is 2.34. The number of thiazole rings is 1. The second-order valence-corrected chi connectivity index (χ2v) is 5.86. The summed E-state index contributed by atoms with van der Waals surface area (Å²) >= 11 is 7.04. The van der Waals surface area contributed by atoms with Crippen LogP contribution in [-0.2, 0) is 14.3 Å². The summed E-state index contributed by atoms with van der Waals surface area (Å²) in [5.74, 6) is -0.755. The van der Waals surface area contributed by atoms with E-state index in [0.717, 1.165) is 24.2 Å². The first-order valence-corrected chi connectivity index (χ1v) is 7.33. The van der Waals surface area contributed by atoms with Gasteiger partial charge in [0, 0.05) is 6.04 Å². The van der Waals surface area contributed by atoms with Crippen molar-refractivity contribution in [3.05, 3.63) is 10.0 Å². The number of hydrogen-bond acceptors (Lipinski definition) is 7. The zero-order valence-electron chi connectivity index (χ0n) is 11.1. The standard InChI is InChI=1S/C12H15ClN2O4S/c1-18-10(16)6-3-4-7(5-6)14-12-15-9(13)8(20-12)11(17)19-2/h6-7H,3-5H2,1-2H3,(H,14,15)/t6-,7+/m0/s1. The average molecular weight is 319 g/mol. The number of esters is 2. The third-order valence-electron chi connectivity index (χ3n) is 3.25. The Hall–Kier alpha value is -1.34. The lowest BCUT2D eigenvalue weighted by molar-refractivity contribution is -0.145. The van der Waals surface area contributed by atoms with Crippen molar-refractivity contribution < 1.29 is 19.1 Å². The lowest BCUT2D eigenvalue weighted by Gasteiger charge is -2.11. The molecule has 0 unspecified atom stereocenters. The number of aromatic nitrogens is 1. The summed E-state index contributed by atoms with van der Waals surface area (Å²) < 4.78 is 9.36. The summed E-state index contributed by atoms with van der Waals surface area (Å²) in [5.41, 5.74) is 0. The molecule has 2 atom stereocenters. The van der Waals surface area contributed by atoms with E-state index in [9.17, 15) is 9.59 Å². The third kappa shape index (κ3) is 3.21. The van der Waals surface area contributed by atoms with E-state index in [1.54, 1.807) is 0 Å². The maximum Gasteiger partial charge on any atom is 0.351 e. The summed E-state index contributed by atoms with van der Waals surface area (Å²) in [6.45, 7) is 0. The Morgan fingerprint density at radius 3 is 2.75 bits per heavy atom. The van der Waals surface area contributed by atoms with Crippen LogP contribution in [0, 0.1) is 5.92 Å². The Balaban J connectivity index is 1.98. The molecular weight excluding hydrogens is 304 g/mol. The van der Waals surface area contributed by atoms with Crippen LogP contribution in [0.5, 0.6) is 0 Å². The molecule has 1 N–H and O–H groups in total. The van der Waals surface area contributed by atoms with Gasteiger partial charge in [0.05, 0.1) is 20.1 Å². The van der Waals surface area contributed by atoms with Crippen molar-refractivity contribution in [2.45, 2.75) is 25.3 Å². The number of methoxy groups -OCH3 is 2. The zero-order chi connectivity index (χ0) is 14.7. The van der Waals surface area contributed by atoms with E-state index in [-0.39, 0.29) is 28.0 Å². The number of ether oxygens (including phenoxy) is 2. The molecule has 0 aromatic carbocycles. The van der Waals surface area contributed by atoms with Crippen LogP contribution in [0.2, 0.25) is 5.15 Å². The van der Waals surface area contributed by atoms with Gasteiger partial charge >= 0.3 is 11.9 Å². The van der Waals surface area contributed by atoms with Gasteiger partial charge in [0.1, 0.15) is 0 Å². The molecule has 0 spiro atoms. The van der Waals surface area contributed by atoms with Crippen molar-refractivity contribution in [3.8, 4) is 0 Å². The van der Waals surface area contributed by atoms with Crippen LogP contribution >= 0.6 is 22.9 Å². The molecule has 1 aliphatic carbocycles. The predicted molar refractivity (Wildman–Crippen MR) is 75.2 cm³/mol.